The molecule has 3 N–H and O–H groups in total. The molecule has 3 heterocycles. The molecule has 0 aliphatic carbocycles. The lowest BCUT2D eigenvalue weighted by Gasteiger charge is -2.12. The van der Waals surface area contributed by atoms with Gasteiger partial charge < -0.3 is 10.3 Å². The lowest BCUT2D eigenvalue weighted by Crippen LogP contribution is -2.26. The first kappa shape index (κ1) is 23.9. The van der Waals surface area contributed by atoms with Crippen LogP contribution in [-0.4, -0.2) is 42.5 Å². The molecule has 0 bridgehead atoms. The van der Waals surface area contributed by atoms with Crippen LogP contribution in [0.25, 0.3) is 33.5 Å². The van der Waals surface area contributed by atoms with Crippen LogP contribution in [0.15, 0.2) is 67.1 Å². The van der Waals surface area contributed by atoms with Crippen molar-refractivity contribution in [3.63, 3.8) is 0 Å². The van der Waals surface area contributed by atoms with Gasteiger partial charge in [0.05, 0.1) is 18.3 Å². The first-order valence-corrected chi connectivity index (χ1v) is 12.0. The van der Waals surface area contributed by atoms with E-state index in [1.165, 1.54) is 11.8 Å². The number of nitrogens with zero attached hydrogens (tertiary/aromatic N) is 5. The zero-order chi connectivity index (χ0) is 25.8. The van der Waals surface area contributed by atoms with Gasteiger partial charge in [0.25, 0.3) is 5.91 Å². The maximum atomic E-state index is 13.0. The second kappa shape index (κ2) is 10.4. The molecule has 1 amide bonds. The van der Waals surface area contributed by atoms with Gasteiger partial charge in [0.1, 0.15) is 11.4 Å². The van der Waals surface area contributed by atoms with Gasteiger partial charge in [-0.25, -0.2) is 9.88 Å². The first-order chi connectivity index (χ1) is 18.1. The summed E-state index contributed by atoms with van der Waals surface area (Å²) in [5.41, 5.74) is 6.90. The van der Waals surface area contributed by atoms with Crippen molar-refractivity contribution in [1.29, 1.82) is 5.26 Å². The summed E-state index contributed by atoms with van der Waals surface area (Å²) in [6.07, 6.45) is 7.18. The second-order valence-corrected chi connectivity index (χ2v) is 8.71. The topological polar surface area (TPSA) is 126 Å². The Kier molecular flexibility index (Phi) is 6.74. The molecular weight excluding hydrogens is 464 g/mol. The summed E-state index contributed by atoms with van der Waals surface area (Å²) in [5.74, 6) is -0.00932. The van der Waals surface area contributed by atoms with E-state index in [2.05, 4.69) is 50.4 Å². The van der Waals surface area contributed by atoms with Crippen molar-refractivity contribution in [2.45, 2.75) is 26.9 Å². The van der Waals surface area contributed by atoms with Crippen LogP contribution in [0, 0.1) is 18.4 Å². The van der Waals surface area contributed by atoms with Crippen molar-refractivity contribution in [3.8, 4) is 28.8 Å². The lowest BCUT2D eigenvalue weighted by molar-refractivity contribution is 0.0819. The first-order valence-electron chi connectivity index (χ1n) is 12.0. The average molecular weight is 491 g/mol. The number of aromatic nitrogens is 5. The number of benzene rings is 2. The number of amides is 1. The normalized spacial score (nSPS) is 10.9. The smallest absolute Gasteiger partial charge is 0.285 e. The number of hydrogen-bond donors (Lipinski definition) is 3. The molecular formula is C28H26N8O. The fourth-order valence-electron chi connectivity index (χ4n) is 4.27. The van der Waals surface area contributed by atoms with Gasteiger partial charge in [-0.15, -0.1) is 0 Å². The molecule has 3 aromatic heterocycles. The molecule has 5 rings (SSSR count). The molecule has 184 valence electrons. The predicted molar refractivity (Wildman–Crippen MR) is 141 cm³/mol. The zero-order valence-corrected chi connectivity index (χ0v) is 20.6. The molecule has 0 saturated heterocycles. The Morgan fingerprint density at radius 3 is 2.76 bits per heavy atom. The number of nitriles is 1. The highest BCUT2D eigenvalue weighted by molar-refractivity contribution is 5.97. The van der Waals surface area contributed by atoms with Gasteiger partial charge in [-0.05, 0) is 47.9 Å². The van der Waals surface area contributed by atoms with E-state index in [0.717, 1.165) is 51.1 Å². The summed E-state index contributed by atoms with van der Waals surface area (Å²) in [5, 5.41) is 21.3. The number of aromatic amines is 2. The van der Waals surface area contributed by atoms with Gasteiger partial charge in [-0.3, -0.25) is 14.9 Å². The Morgan fingerprint density at radius 1 is 1.14 bits per heavy atom. The van der Waals surface area contributed by atoms with Crippen molar-refractivity contribution in [3.05, 3.63) is 89.5 Å². The fraction of sp³-hybridized carbons (Fsp3) is 0.179. The third-order valence-electron chi connectivity index (χ3n) is 6.34. The Balaban J connectivity index is 1.45. The standard InChI is InChI=1S/C28H26N8O/c1-3-30-12-21-13-31-14-23(18(21)2)20-9-10-24-22(11-20)26(35-34-24)27-32-15-25(33-27)28(37)36(17-29)16-19-7-5-4-6-8-19/h4-11,13-15,30H,3,12,16H2,1-2H3,(H,32,33)(H,34,35). The maximum absolute atomic E-state index is 13.0. The number of rotatable bonds is 8. The van der Waals surface area contributed by atoms with E-state index in [1.54, 1.807) is 0 Å². The molecule has 0 aliphatic rings. The number of imidazole rings is 1. The van der Waals surface area contributed by atoms with Crippen LogP contribution < -0.4 is 5.32 Å². The van der Waals surface area contributed by atoms with Gasteiger partial charge in [-0.2, -0.15) is 10.4 Å². The van der Waals surface area contributed by atoms with E-state index in [9.17, 15) is 10.1 Å². The van der Waals surface area contributed by atoms with Gasteiger partial charge in [0.2, 0.25) is 0 Å². The number of H-pyrrole nitrogens is 2. The van der Waals surface area contributed by atoms with Crippen molar-refractivity contribution < 1.29 is 4.79 Å². The third-order valence-corrected chi connectivity index (χ3v) is 6.34. The van der Waals surface area contributed by atoms with Crippen molar-refractivity contribution >= 4 is 16.8 Å². The van der Waals surface area contributed by atoms with Crippen LogP contribution in [0.1, 0.15) is 34.1 Å². The maximum Gasteiger partial charge on any atom is 0.285 e. The largest absolute Gasteiger partial charge is 0.333 e. The van der Waals surface area contributed by atoms with E-state index >= 15 is 0 Å². The minimum atomic E-state index is -0.454. The highest BCUT2D eigenvalue weighted by Crippen LogP contribution is 2.31. The molecule has 0 unspecified atom stereocenters. The van der Waals surface area contributed by atoms with E-state index in [4.69, 9.17) is 0 Å². The van der Waals surface area contributed by atoms with E-state index < -0.39 is 5.91 Å². The minimum absolute atomic E-state index is 0.180. The summed E-state index contributed by atoms with van der Waals surface area (Å²) in [6, 6.07) is 15.4. The highest BCUT2D eigenvalue weighted by Gasteiger charge is 2.21. The Labute approximate surface area is 214 Å². The van der Waals surface area contributed by atoms with E-state index in [1.807, 2.05) is 61.1 Å². The highest BCUT2D eigenvalue weighted by atomic mass is 16.2. The number of hydrogen-bond acceptors (Lipinski definition) is 6. The predicted octanol–water partition coefficient (Wildman–Crippen LogP) is 4.56. The molecule has 0 saturated carbocycles. The number of pyridine rings is 1. The van der Waals surface area contributed by atoms with Crippen LogP contribution >= 0.6 is 0 Å². The molecule has 0 spiro atoms. The minimum Gasteiger partial charge on any atom is -0.333 e. The van der Waals surface area contributed by atoms with Crippen LogP contribution in [0.2, 0.25) is 0 Å². The number of carbonyl (C=O) groups excluding carboxylic acids is 1. The third kappa shape index (κ3) is 4.83. The Morgan fingerprint density at radius 2 is 1.97 bits per heavy atom. The van der Waals surface area contributed by atoms with Gasteiger partial charge in [0, 0.05) is 29.9 Å². The Bertz CT molecular complexity index is 1600. The molecule has 0 atom stereocenters. The molecule has 0 radical (unpaired) electrons. The number of fused-ring (bicyclic) bond motifs is 1. The van der Waals surface area contributed by atoms with Crippen molar-refractivity contribution in [2.24, 2.45) is 0 Å². The van der Waals surface area contributed by atoms with Gasteiger partial charge in [0.15, 0.2) is 12.0 Å². The number of nitrogens with one attached hydrogen (secondary N) is 3. The summed E-state index contributed by atoms with van der Waals surface area (Å²) < 4.78 is 0. The summed E-state index contributed by atoms with van der Waals surface area (Å²) >= 11 is 0. The van der Waals surface area contributed by atoms with E-state index in [-0.39, 0.29) is 12.2 Å². The SMILES string of the molecule is CCNCc1cncc(-c2ccc3[nH]nc(-c4ncc(C(=O)N(C#N)Cc5ccccc5)[nH]4)c3c2)c1C. The Hall–Kier alpha value is -4.81. The molecule has 5 aromatic rings. The monoisotopic (exact) mass is 490 g/mol. The van der Waals surface area contributed by atoms with Crippen molar-refractivity contribution in [1.82, 2.24) is 35.4 Å². The molecule has 37 heavy (non-hydrogen) atoms. The van der Waals surface area contributed by atoms with E-state index in [0.29, 0.717) is 11.5 Å². The van der Waals surface area contributed by atoms with Crippen LogP contribution in [0.3, 0.4) is 0 Å². The molecule has 0 aliphatic heterocycles. The fourth-order valence-corrected chi connectivity index (χ4v) is 4.27. The summed E-state index contributed by atoms with van der Waals surface area (Å²) in [7, 11) is 0. The zero-order valence-electron chi connectivity index (χ0n) is 20.6. The molecule has 2 aromatic carbocycles. The molecule has 9 heteroatoms. The quantitative estimate of drug-likeness (QED) is 0.216. The van der Waals surface area contributed by atoms with Crippen LogP contribution in [0.4, 0.5) is 0 Å². The van der Waals surface area contributed by atoms with Gasteiger partial charge >= 0.3 is 0 Å². The molecule has 0 fully saturated rings. The van der Waals surface area contributed by atoms with Crippen LogP contribution in [0.5, 0.6) is 0 Å². The second-order valence-electron chi connectivity index (χ2n) is 8.71. The molecule has 9 nitrogen and oxygen atoms in total. The van der Waals surface area contributed by atoms with Gasteiger partial charge in [-0.1, -0.05) is 43.3 Å². The summed E-state index contributed by atoms with van der Waals surface area (Å²) in [6.45, 7) is 6.01. The average Bonchev–Trinajstić information content (AvgIpc) is 3.58. The van der Waals surface area contributed by atoms with Crippen molar-refractivity contribution in [2.75, 3.05) is 6.54 Å². The summed E-state index contributed by atoms with van der Waals surface area (Å²) in [4.78, 5) is 26.0. The van der Waals surface area contributed by atoms with Crippen LogP contribution in [-0.2, 0) is 13.1 Å². The number of carbonyl (C=O) groups is 1. The lowest BCUT2D eigenvalue weighted by atomic mass is 9.98.